The van der Waals surface area contributed by atoms with Gasteiger partial charge in [0.05, 0.1) is 0 Å². The molecule has 0 aliphatic rings. The molecule has 0 atom stereocenters. The Hall–Kier alpha value is -1.50. The highest BCUT2D eigenvalue weighted by Crippen LogP contribution is 2.23. The van der Waals surface area contributed by atoms with E-state index in [1.54, 1.807) is 0 Å². The van der Waals surface area contributed by atoms with Crippen molar-refractivity contribution < 1.29 is 8.78 Å². The van der Waals surface area contributed by atoms with E-state index in [0.29, 0.717) is 0 Å². The van der Waals surface area contributed by atoms with Crippen molar-refractivity contribution >= 4 is 5.69 Å². The molecule has 0 bridgehead atoms. The molecule has 0 aromatic heterocycles. The van der Waals surface area contributed by atoms with Gasteiger partial charge in [-0.05, 0) is 18.6 Å². The lowest BCUT2D eigenvalue weighted by atomic mass is 10.2. The van der Waals surface area contributed by atoms with E-state index in [4.69, 9.17) is 5.39 Å². The number of rotatable bonds is 0. The zero-order valence-electron chi connectivity index (χ0n) is 5.81. The molecule has 2 nitrogen and oxygen atoms in total. The van der Waals surface area contributed by atoms with E-state index in [9.17, 15) is 8.78 Å². The number of aryl methyl sites for hydroxylation is 1. The zero-order chi connectivity index (χ0) is 8.43. The van der Waals surface area contributed by atoms with Crippen molar-refractivity contribution in [1.29, 1.82) is 5.39 Å². The first-order valence-electron chi connectivity index (χ1n) is 2.96. The summed E-state index contributed by atoms with van der Waals surface area (Å²) in [5.74, 6) is -1.69. The van der Waals surface area contributed by atoms with Crippen LogP contribution >= 0.6 is 0 Å². The van der Waals surface area contributed by atoms with Crippen LogP contribution in [-0.4, -0.2) is 0 Å². The fourth-order valence-corrected chi connectivity index (χ4v) is 0.734. The van der Waals surface area contributed by atoms with Crippen LogP contribution in [0.3, 0.4) is 0 Å². The SMILES string of the molecule is Cc1ccc(F)c([N+]#N)c1F. The third kappa shape index (κ3) is 1.17. The highest BCUT2D eigenvalue weighted by atomic mass is 19.1. The van der Waals surface area contributed by atoms with Gasteiger partial charge in [-0.1, -0.05) is 6.07 Å². The minimum Gasteiger partial charge on any atom is -0.198 e. The van der Waals surface area contributed by atoms with Crippen molar-refractivity contribution in [3.05, 3.63) is 34.3 Å². The molecule has 0 saturated heterocycles. The predicted octanol–water partition coefficient (Wildman–Crippen LogP) is 2.76. The Morgan fingerprint density at radius 1 is 1.36 bits per heavy atom. The van der Waals surface area contributed by atoms with Gasteiger partial charge in [0.2, 0.25) is 17.0 Å². The first-order chi connectivity index (χ1) is 5.16. The minimum atomic E-state index is -0.865. The fraction of sp³-hybridized carbons (Fsp3) is 0.143. The Morgan fingerprint density at radius 3 is 2.45 bits per heavy atom. The van der Waals surface area contributed by atoms with Crippen LogP contribution in [0.15, 0.2) is 12.1 Å². The van der Waals surface area contributed by atoms with E-state index in [-0.39, 0.29) is 5.56 Å². The van der Waals surface area contributed by atoms with Crippen LogP contribution < -0.4 is 0 Å². The number of hydrogen-bond acceptors (Lipinski definition) is 1. The van der Waals surface area contributed by atoms with Crippen LogP contribution in [0.25, 0.3) is 4.98 Å². The molecule has 1 aromatic carbocycles. The molecule has 0 aliphatic carbocycles. The summed E-state index contributed by atoms with van der Waals surface area (Å²) in [7, 11) is 0. The smallest absolute Gasteiger partial charge is 0.198 e. The van der Waals surface area contributed by atoms with E-state index in [2.05, 4.69) is 4.98 Å². The summed E-state index contributed by atoms with van der Waals surface area (Å²) in [4.78, 5) is 2.48. The third-order valence-electron chi connectivity index (χ3n) is 1.36. The van der Waals surface area contributed by atoms with Gasteiger partial charge in [0.25, 0.3) is 0 Å². The van der Waals surface area contributed by atoms with Crippen LogP contribution in [0.1, 0.15) is 5.56 Å². The fourth-order valence-electron chi connectivity index (χ4n) is 0.734. The van der Waals surface area contributed by atoms with Crippen molar-refractivity contribution in [1.82, 2.24) is 0 Å². The standard InChI is InChI=1S/C7H5F2N2/c1-4-2-3-5(8)7(11-10)6(4)9/h2-3H,1H3/q+1. The lowest BCUT2D eigenvalue weighted by Gasteiger charge is -1.89. The molecular weight excluding hydrogens is 150 g/mol. The summed E-state index contributed by atoms with van der Waals surface area (Å²) in [6.45, 7) is 1.46. The Bertz CT molecular complexity index is 328. The molecule has 0 N–H and O–H groups in total. The quantitative estimate of drug-likeness (QED) is 0.529. The topological polar surface area (TPSA) is 28.1 Å². The van der Waals surface area contributed by atoms with E-state index in [1.807, 2.05) is 0 Å². The lowest BCUT2D eigenvalue weighted by Crippen LogP contribution is -1.84. The molecule has 0 amide bonds. The Labute approximate surface area is 62.1 Å². The highest BCUT2D eigenvalue weighted by Gasteiger charge is 2.22. The second kappa shape index (κ2) is 2.62. The zero-order valence-corrected chi connectivity index (χ0v) is 5.81. The van der Waals surface area contributed by atoms with Gasteiger partial charge in [0, 0.05) is 0 Å². The van der Waals surface area contributed by atoms with Gasteiger partial charge >= 0.3 is 5.69 Å². The maximum absolute atomic E-state index is 12.8. The van der Waals surface area contributed by atoms with Gasteiger partial charge in [0.15, 0.2) is 4.98 Å². The molecule has 56 valence electrons. The van der Waals surface area contributed by atoms with E-state index in [1.165, 1.54) is 13.0 Å². The van der Waals surface area contributed by atoms with Crippen molar-refractivity contribution in [3.8, 4) is 0 Å². The normalized spacial score (nSPS) is 9.27. The Balaban J connectivity index is 3.44. The summed E-state index contributed by atoms with van der Waals surface area (Å²) in [6.07, 6.45) is 0. The molecule has 0 unspecified atom stereocenters. The first-order valence-corrected chi connectivity index (χ1v) is 2.96. The molecule has 0 saturated carbocycles. The second-order valence-corrected chi connectivity index (χ2v) is 2.13. The number of hydrogen-bond donors (Lipinski definition) is 0. The van der Waals surface area contributed by atoms with E-state index in [0.717, 1.165) is 6.07 Å². The molecule has 0 aliphatic heterocycles. The molecule has 1 aromatic rings. The number of nitrogens with zero attached hydrogens (tertiary/aromatic N) is 2. The van der Waals surface area contributed by atoms with Crippen molar-refractivity contribution in [2.45, 2.75) is 6.92 Å². The van der Waals surface area contributed by atoms with Crippen molar-refractivity contribution in [2.75, 3.05) is 0 Å². The molecule has 1 rings (SSSR count). The van der Waals surface area contributed by atoms with Gasteiger partial charge in [-0.3, -0.25) is 0 Å². The van der Waals surface area contributed by atoms with Crippen molar-refractivity contribution in [3.63, 3.8) is 0 Å². The highest BCUT2D eigenvalue weighted by molar-refractivity contribution is 5.48. The summed E-state index contributed by atoms with van der Waals surface area (Å²) in [6, 6.07) is 2.33. The number of benzene rings is 1. The molecule has 11 heavy (non-hydrogen) atoms. The lowest BCUT2D eigenvalue weighted by molar-refractivity contribution is 0.587. The molecule has 0 heterocycles. The summed E-state index contributed by atoms with van der Waals surface area (Å²) in [5, 5.41) is 8.17. The van der Waals surface area contributed by atoms with Gasteiger partial charge < -0.3 is 0 Å². The molecule has 4 heteroatoms. The number of diazo groups is 1. The van der Waals surface area contributed by atoms with Crippen LogP contribution in [0, 0.1) is 24.0 Å². The average Bonchev–Trinajstić information content (AvgIpc) is 1.99. The number of halogens is 2. The Kier molecular flexibility index (Phi) is 1.81. The second-order valence-electron chi connectivity index (χ2n) is 2.13. The maximum atomic E-state index is 12.8. The first kappa shape index (κ1) is 7.61. The summed E-state index contributed by atoms with van der Waals surface area (Å²) in [5.41, 5.74) is -0.385. The minimum absolute atomic E-state index is 0.249. The van der Waals surface area contributed by atoms with Gasteiger partial charge in [-0.25, -0.2) is 0 Å². The van der Waals surface area contributed by atoms with Gasteiger partial charge in [-0.2, -0.15) is 8.78 Å². The maximum Gasteiger partial charge on any atom is 0.455 e. The third-order valence-corrected chi connectivity index (χ3v) is 1.36. The molecule has 0 radical (unpaired) electrons. The van der Waals surface area contributed by atoms with Crippen LogP contribution in [-0.2, 0) is 0 Å². The van der Waals surface area contributed by atoms with Crippen LogP contribution in [0.2, 0.25) is 0 Å². The summed E-state index contributed by atoms with van der Waals surface area (Å²) < 4.78 is 25.3. The molecular formula is C7H5F2N2+. The van der Waals surface area contributed by atoms with E-state index < -0.39 is 17.3 Å². The largest absolute Gasteiger partial charge is 0.455 e. The summed E-state index contributed by atoms with van der Waals surface area (Å²) >= 11 is 0. The average molecular weight is 155 g/mol. The molecule has 0 spiro atoms. The monoisotopic (exact) mass is 155 g/mol. The van der Waals surface area contributed by atoms with E-state index >= 15 is 0 Å². The predicted molar refractivity (Wildman–Crippen MR) is 35.8 cm³/mol. The van der Waals surface area contributed by atoms with Crippen LogP contribution in [0.5, 0.6) is 0 Å². The molecule has 0 fully saturated rings. The van der Waals surface area contributed by atoms with Crippen molar-refractivity contribution in [2.24, 2.45) is 0 Å². The Morgan fingerprint density at radius 2 is 2.00 bits per heavy atom. The van der Waals surface area contributed by atoms with Gasteiger partial charge in [-0.15, -0.1) is 0 Å². The van der Waals surface area contributed by atoms with Gasteiger partial charge in [0.1, 0.15) is 0 Å². The van der Waals surface area contributed by atoms with Crippen LogP contribution in [0.4, 0.5) is 14.5 Å².